The summed E-state index contributed by atoms with van der Waals surface area (Å²) in [6.45, 7) is 3.88. The number of carbonyl (C=O) groups excluding carboxylic acids is 2. The van der Waals surface area contributed by atoms with Crippen molar-refractivity contribution in [1.29, 1.82) is 0 Å². The minimum atomic E-state index is -1.13. The van der Waals surface area contributed by atoms with E-state index in [1.807, 2.05) is 36.4 Å². The van der Waals surface area contributed by atoms with Crippen LogP contribution in [0, 0.1) is 0 Å². The van der Waals surface area contributed by atoms with Gasteiger partial charge in [0.2, 0.25) is 5.91 Å². The normalized spacial score (nSPS) is 12.8. The van der Waals surface area contributed by atoms with Crippen LogP contribution in [-0.4, -0.2) is 40.7 Å². The molecule has 1 unspecified atom stereocenters. The molecular formula is C26H25N3O5S. The number of fused-ring (bicyclic) bond motifs is 3. The van der Waals surface area contributed by atoms with Crippen molar-refractivity contribution in [2.45, 2.75) is 31.3 Å². The van der Waals surface area contributed by atoms with Crippen LogP contribution in [0.4, 0.5) is 4.79 Å². The molecule has 180 valence electrons. The van der Waals surface area contributed by atoms with Gasteiger partial charge in [0.1, 0.15) is 17.7 Å². The van der Waals surface area contributed by atoms with Crippen LogP contribution < -0.4 is 10.6 Å². The maximum absolute atomic E-state index is 12.7. The molecule has 0 fully saturated rings. The average molecular weight is 492 g/mol. The Morgan fingerprint density at radius 3 is 2.37 bits per heavy atom. The summed E-state index contributed by atoms with van der Waals surface area (Å²) in [5, 5.41) is 16.2. The molecule has 4 rings (SSSR count). The number of nitrogens with zero attached hydrogens (tertiary/aromatic N) is 1. The van der Waals surface area contributed by atoms with Crippen molar-refractivity contribution in [3.8, 4) is 11.1 Å². The lowest BCUT2D eigenvalue weighted by Gasteiger charge is -2.19. The number of aromatic nitrogens is 1. The Morgan fingerprint density at radius 2 is 1.77 bits per heavy atom. The molecule has 8 nitrogen and oxygen atoms in total. The van der Waals surface area contributed by atoms with Crippen molar-refractivity contribution < 1.29 is 24.2 Å². The van der Waals surface area contributed by atoms with Gasteiger partial charge in [-0.05, 0) is 35.1 Å². The van der Waals surface area contributed by atoms with Gasteiger partial charge in [-0.2, -0.15) is 0 Å². The minimum absolute atomic E-state index is 0.0632. The molecule has 1 heterocycles. The lowest BCUT2D eigenvalue weighted by atomic mass is 9.98. The summed E-state index contributed by atoms with van der Waals surface area (Å²) in [5.41, 5.74) is 4.40. The Balaban J connectivity index is 1.36. The van der Waals surface area contributed by atoms with Gasteiger partial charge in [-0.3, -0.25) is 4.79 Å². The zero-order valence-electron chi connectivity index (χ0n) is 18.9. The molecule has 1 atom stereocenters. The topological polar surface area (TPSA) is 118 Å². The highest BCUT2D eigenvalue weighted by Gasteiger charge is 2.29. The monoisotopic (exact) mass is 491 g/mol. The van der Waals surface area contributed by atoms with Crippen molar-refractivity contribution in [1.82, 2.24) is 15.6 Å². The number of carboxylic acid groups (broad SMARTS) is 1. The molecule has 0 bridgehead atoms. The molecule has 1 aliphatic rings. The number of carbonyl (C=O) groups is 3. The number of benzene rings is 2. The number of rotatable bonds is 10. The standard InChI is InChI=1S/C26H25N3O5S/c1-2-3-12-21(24(30)27-13-23-28-22(15-35-23)25(31)32)29-26(33)34-14-20-18-10-6-4-8-16(18)17-9-5-7-11-19(17)20/h2,4-11,15,20-21H,1,3,12-14H2,(H,27,30)(H,29,33)(H,31,32). The summed E-state index contributed by atoms with van der Waals surface area (Å²) in [6.07, 6.45) is 1.85. The van der Waals surface area contributed by atoms with Gasteiger partial charge in [0.15, 0.2) is 5.69 Å². The number of ether oxygens (including phenoxy) is 1. The van der Waals surface area contributed by atoms with Gasteiger partial charge in [0.05, 0.1) is 6.54 Å². The first kappa shape index (κ1) is 24.2. The van der Waals surface area contributed by atoms with Crippen LogP contribution in [0.15, 0.2) is 66.6 Å². The SMILES string of the molecule is C=CCCC(NC(=O)OCC1c2ccccc2-c2ccccc21)C(=O)NCc1nc(C(=O)O)cs1. The van der Waals surface area contributed by atoms with Crippen LogP contribution in [0.2, 0.25) is 0 Å². The van der Waals surface area contributed by atoms with E-state index in [0.29, 0.717) is 17.8 Å². The van der Waals surface area contributed by atoms with Crippen molar-refractivity contribution in [3.05, 3.63) is 88.4 Å². The molecule has 3 N–H and O–H groups in total. The molecular weight excluding hydrogens is 466 g/mol. The van der Waals surface area contributed by atoms with Crippen LogP contribution >= 0.6 is 11.3 Å². The number of hydrogen-bond acceptors (Lipinski definition) is 6. The summed E-state index contributed by atoms with van der Waals surface area (Å²) >= 11 is 1.14. The Bertz CT molecular complexity index is 1210. The first-order chi connectivity index (χ1) is 17.0. The predicted octanol–water partition coefficient (Wildman–Crippen LogP) is 4.33. The third kappa shape index (κ3) is 5.58. The summed E-state index contributed by atoms with van der Waals surface area (Å²) in [4.78, 5) is 40.3. The third-order valence-electron chi connectivity index (χ3n) is 5.80. The van der Waals surface area contributed by atoms with Crippen molar-refractivity contribution >= 4 is 29.3 Å². The Morgan fingerprint density at radius 1 is 1.11 bits per heavy atom. The molecule has 35 heavy (non-hydrogen) atoms. The second kappa shape index (κ2) is 11.0. The van der Waals surface area contributed by atoms with Gasteiger partial charge in [0.25, 0.3) is 0 Å². The zero-order chi connectivity index (χ0) is 24.8. The van der Waals surface area contributed by atoms with E-state index in [-0.39, 0.29) is 24.8 Å². The Hall–Kier alpha value is -3.98. The van der Waals surface area contributed by atoms with Gasteiger partial charge in [-0.25, -0.2) is 14.6 Å². The summed E-state index contributed by atoms with van der Waals surface area (Å²) in [5.74, 6) is -1.62. The number of aromatic carboxylic acids is 1. The third-order valence-corrected chi connectivity index (χ3v) is 6.65. The van der Waals surface area contributed by atoms with Crippen LogP contribution in [-0.2, 0) is 16.1 Å². The summed E-state index contributed by atoms with van der Waals surface area (Å²) in [7, 11) is 0. The van der Waals surface area contributed by atoms with Crippen LogP contribution in [0.3, 0.4) is 0 Å². The lowest BCUT2D eigenvalue weighted by molar-refractivity contribution is -0.123. The molecule has 0 radical (unpaired) electrons. The summed E-state index contributed by atoms with van der Waals surface area (Å²) in [6, 6.07) is 15.3. The molecule has 0 saturated carbocycles. The van der Waals surface area contributed by atoms with E-state index >= 15 is 0 Å². The van der Waals surface area contributed by atoms with Crippen molar-refractivity contribution in [3.63, 3.8) is 0 Å². The van der Waals surface area contributed by atoms with E-state index in [4.69, 9.17) is 9.84 Å². The maximum Gasteiger partial charge on any atom is 0.407 e. The van der Waals surface area contributed by atoms with Crippen LogP contribution in [0.25, 0.3) is 11.1 Å². The molecule has 1 aromatic heterocycles. The molecule has 3 aromatic rings. The van der Waals surface area contributed by atoms with Gasteiger partial charge in [-0.15, -0.1) is 17.9 Å². The van der Waals surface area contributed by atoms with Crippen molar-refractivity contribution in [2.75, 3.05) is 6.61 Å². The first-order valence-electron chi connectivity index (χ1n) is 11.2. The smallest absolute Gasteiger partial charge is 0.407 e. The van der Waals surface area contributed by atoms with Gasteiger partial charge >= 0.3 is 12.1 Å². The number of alkyl carbamates (subject to hydrolysis) is 1. The first-order valence-corrected chi connectivity index (χ1v) is 12.0. The molecule has 2 amide bonds. The number of nitrogens with one attached hydrogen (secondary N) is 2. The molecule has 0 saturated heterocycles. The van der Waals surface area contributed by atoms with E-state index < -0.39 is 24.0 Å². The second-order valence-electron chi connectivity index (χ2n) is 8.04. The second-order valence-corrected chi connectivity index (χ2v) is 8.98. The number of allylic oxidation sites excluding steroid dienone is 1. The quantitative estimate of drug-likeness (QED) is 0.363. The number of carboxylic acids is 1. The van der Waals surface area contributed by atoms with Gasteiger partial charge in [0, 0.05) is 11.3 Å². The van der Waals surface area contributed by atoms with Crippen LogP contribution in [0.5, 0.6) is 0 Å². The molecule has 2 aromatic carbocycles. The highest BCUT2D eigenvalue weighted by molar-refractivity contribution is 7.09. The summed E-state index contributed by atoms with van der Waals surface area (Å²) < 4.78 is 5.56. The lowest BCUT2D eigenvalue weighted by Crippen LogP contribution is -2.46. The number of hydrogen-bond donors (Lipinski definition) is 3. The zero-order valence-corrected chi connectivity index (χ0v) is 19.7. The van der Waals surface area contributed by atoms with E-state index in [1.165, 1.54) is 5.38 Å². The molecule has 9 heteroatoms. The van der Waals surface area contributed by atoms with E-state index in [9.17, 15) is 14.4 Å². The predicted molar refractivity (Wildman–Crippen MR) is 132 cm³/mol. The average Bonchev–Trinajstić information content (AvgIpc) is 3.47. The van der Waals surface area contributed by atoms with E-state index in [1.54, 1.807) is 6.08 Å². The number of amides is 2. The van der Waals surface area contributed by atoms with E-state index in [2.05, 4.69) is 34.3 Å². The number of thiazole rings is 1. The molecule has 1 aliphatic carbocycles. The maximum atomic E-state index is 12.7. The minimum Gasteiger partial charge on any atom is -0.476 e. The Kier molecular flexibility index (Phi) is 7.57. The van der Waals surface area contributed by atoms with Crippen molar-refractivity contribution in [2.24, 2.45) is 0 Å². The van der Waals surface area contributed by atoms with Crippen LogP contribution in [0.1, 0.15) is 45.4 Å². The fraction of sp³-hybridized carbons (Fsp3) is 0.231. The van der Waals surface area contributed by atoms with E-state index in [0.717, 1.165) is 33.6 Å². The molecule has 0 spiro atoms. The Labute approximate surface area is 206 Å². The fourth-order valence-corrected chi connectivity index (χ4v) is 4.82. The fourth-order valence-electron chi connectivity index (χ4n) is 4.11. The van der Waals surface area contributed by atoms with Gasteiger partial charge < -0.3 is 20.5 Å². The molecule has 0 aliphatic heterocycles. The van der Waals surface area contributed by atoms with Gasteiger partial charge in [-0.1, -0.05) is 54.6 Å². The largest absolute Gasteiger partial charge is 0.476 e. The highest BCUT2D eigenvalue weighted by Crippen LogP contribution is 2.44. The highest BCUT2D eigenvalue weighted by atomic mass is 32.1.